The zero-order chi connectivity index (χ0) is 6.41. The molecular weight excluding hydrogens is 131 g/mol. The summed E-state index contributed by atoms with van der Waals surface area (Å²) in [6.45, 7) is 1.96. The molecule has 0 aliphatic rings. The van der Waals surface area contributed by atoms with E-state index in [-0.39, 0.29) is 24.0 Å². The first kappa shape index (κ1) is 12.2. The molecule has 2 N–H and O–H groups in total. The Bertz CT molecular complexity index is 50.3. The number of hydrogen-bond acceptors (Lipinski definition) is 2. The third-order valence-electron chi connectivity index (χ3n) is 1.10. The van der Waals surface area contributed by atoms with Crippen molar-refractivity contribution in [3.8, 4) is 0 Å². The van der Waals surface area contributed by atoms with Crippen LogP contribution in [0, 0.1) is 0 Å². The minimum Gasteiger partial charge on any atom is -0.394 e. The molecule has 0 fully saturated rings. The van der Waals surface area contributed by atoms with Crippen molar-refractivity contribution < 1.29 is 10.2 Å². The van der Waals surface area contributed by atoms with Gasteiger partial charge in [0.15, 0.2) is 17.4 Å². The summed E-state index contributed by atoms with van der Waals surface area (Å²) in [5, 5.41) is 17.1. The Balaban J connectivity index is 0. The Morgan fingerprint density at radius 2 is 2.00 bits per heavy atom. The molecule has 3 heteroatoms. The average Bonchev–Trinajstić information content (AvgIpc) is 1.83. The lowest BCUT2D eigenvalue weighted by Crippen LogP contribution is -2.10. The van der Waals surface area contributed by atoms with Gasteiger partial charge >= 0.3 is 0 Å². The summed E-state index contributed by atoms with van der Waals surface area (Å²) in [4.78, 5) is 0. The molecule has 0 aromatic heterocycles. The third kappa shape index (κ3) is 8.45. The largest absolute Gasteiger partial charge is 0.394 e. The average molecular weight is 148 g/mol. The van der Waals surface area contributed by atoms with Gasteiger partial charge in [0.2, 0.25) is 0 Å². The molecule has 0 aromatic rings. The van der Waals surface area contributed by atoms with Crippen LogP contribution in [0.3, 0.4) is 0 Å². The molecule has 1 atom stereocenters. The zero-order valence-electron chi connectivity index (χ0n) is 5.30. The van der Waals surface area contributed by atoms with Gasteiger partial charge in [-0.1, -0.05) is 19.8 Å². The standard InChI is InChI=1S/C6H14O2.Al.3H/c1-2-3-4-6(8)5-7;;;;/h6-8H,2-5H2,1H3;;;;. The summed E-state index contributed by atoms with van der Waals surface area (Å²) in [6, 6.07) is 0. The predicted molar refractivity (Wildman–Crippen MR) is 42.6 cm³/mol. The number of aliphatic hydroxyl groups excluding tert-OH is 2. The lowest BCUT2D eigenvalue weighted by molar-refractivity contribution is 0.0865. The molecule has 9 heavy (non-hydrogen) atoms. The molecule has 0 radical (unpaired) electrons. The van der Waals surface area contributed by atoms with Crippen molar-refractivity contribution in [2.45, 2.75) is 32.3 Å². The third-order valence-corrected chi connectivity index (χ3v) is 1.10. The van der Waals surface area contributed by atoms with Gasteiger partial charge in [-0.15, -0.1) is 0 Å². The fraction of sp³-hybridized carbons (Fsp3) is 1.00. The second-order valence-corrected chi connectivity index (χ2v) is 1.98. The smallest absolute Gasteiger partial charge is 0.187 e. The van der Waals surface area contributed by atoms with Crippen LogP contribution in [0.15, 0.2) is 0 Å². The molecule has 0 spiro atoms. The minimum absolute atomic E-state index is 0. The number of rotatable bonds is 4. The Labute approximate surface area is 67.0 Å². The van der Waals surface area contributed by atoms with E-state index in [1.165, 1.54) is 0 Å². The Kier molecular flexibility index (Phi) is 11.4. The van der Waals surface area contributed by atoms with Gasteiger partial charge < -0.3 is 10.2 Å². The van der Waals surface area contributed by atoms with E-state index in [9.17, 15) is 0 Å². The Morgan fingerprint density at radius 3 is 2.33 bits per heavy atom. The van der Waals surface area contributed by atoms with Crippen LogP contribution in [0.25, 0.3) is 0 Å². The highest BCUT2D eigenvalue weighted by molar-refractivity contribution is 5.75. The first-order valence-corrected chi connectivity index (χ1v) is 3.10. The molecular formula is C6H17AlO2. The van der Waals surface area contributed by atoms with Crippen molar-refractivity contribution in [1.82, 2.24) is 0 Å². The maximum Gasteiger partial charge on any atom is 0.187 e. The number of unbranched alkanes of at least 4 members (excludes halogenated alkanes) is 1. The molecule has 0 aliphatic carbocycles. The van der Waals surface area contributed by atoms with Gasteiger partial charge in [-0.25, -0.2) is 0 Å². The van der Waals surface area contributed by atoms with Gasteiger partial charge in [0.25, 0.3) is 0 Å². The second kappa shape index (κ2) is 8.45. The van der Waals surface area contributed by atoms with E-state index in [0.29, 0.717) is 0 Å². The summed E-state index contributed by atoms with van der Waals surface area (Å²) in [6.07, 6.45) is 2.32. The van der Waals surface area contributed by atoms with E-state index in [2.05, 4.69) is 6.92 Å². The summed E-state index contributed by atoms with van der Waals surface area (Å²) >= 11 is 0. The molecule has 1 unspecified atom stereocenters. The maximum atomic E-state index is 8.74. The maximum absolute atomic E-state index is 8.74. The van der Waals surface area contributed by atoms with E-state index in [1.54, 1.807) is 0 Å². The minimum atomic E-state index is -0.491. The monoisotopic (exact) mass is 148 g/mol. The normalized spacial score (nSPS) is 12.3. The van der Waals surface area contributed by atoms with Crippen molar-refractivity contribution >= 4 is 17.4 Å². The molecule has 2 nitrogen and oxygen atoms in total. The first-order valence-electron chi connectivity index (χ1n) is 3.10. The van der Waals surface area contributed by atoms with Gasteiger partial charge in [0, 0.05) is 0 Å². The number of hydrogen-bond donors (Lipinski definition) is 2. The topological polar surface area (TPSA) is 40.5 Å². The fourth-order valence-electron chi connectivity index (χ4n) is 0.531. The molecule has 0 saturated heterocycles. The lowest BCUT2D eigenvalue weighted by atomic mass is 10.2. The highest BCUT2D eigenvalue weighted by atomic mass is 27.0. The van der Waals surface area contributed by atoms with Crippen LogP contribution in [0.5, 0.6) is 0 Å². The van der Waals surface area contributed by atoms with E-state index in [1.807, 2.05) is 0 Å². The highest BCUT2D eigenvalue weighted by Crippen LogP contribution is 1.97. The van der Waals surface area contributed by atoms with Crippen molar-refractivity contribution in [2.24, 2.45) is 0 Å². The lowest BCUT2D eigenvalue weighted by Gasteiger charge is -2.02. The second-order valence-electron chi connectivity index (χ2n) is 1.98. The van der Waals surface area contributed by atoms with Crippen LogP contribution in [0.1, 0.15) is 26.2 Å². The molecule has 0 aliphatic heterocycles. The molecule has 0 rings (SSSR count). The van der Waals surface area contributed by atoms with E-state index < -0.39 is 6.10 Å². The van der Waals surface area contributed by atoms with Crippen LogP contribution in [0.4, 0.5) is 0 Å². The summed E-state index contributed by atoms with van der Waals surface area (Å²) in [7, 11) is 0. The fourth-order valence-corrected chi connectivity index (χ4v) is 0.531. The van der Waals surface area contributed by atoms with Crippen LogP contribution in [-0.2, 0) is 0 Å². The summed E-state index contributed by atoms with van der Waals surface area (Å²) in [5.41, 5.74) is 0. The molecule has 0 bridgehead atoms. The van der Waals surface area contributed by atoms with Crippen LogP contribution < -0.4 is 0 Å². The van der Waals surface area contributed by atoms with Crippen molar-refractivity contribution in [2.75, 3.05) is 6.61 Å². The van der Waals surface area contributed by atoms with Crippen LogP contribution in [-0.4, -0.2) is 40.3 Å². The van der Waals surface area contributed by atoms with E-state index in [0.717, 1.165) is 19.3 Å². The Hall–Kier alpha value is 0.452. The van der Waals surface area contributed by atoms with E-state index in [4.69, 9.17) is 10.2 Å². The molecule has 0 saturated carbocycles. The van der Waals surface area contributed by atoms with Crippen molar-refractivity contribution in [3.05, 3.63) is 0 Å². The van der Waals surface area contributed by atoms with Gasteiger partial charge in [-0.2, -0.15) is 0 Å². The summed E-state index contributed by atoms with van der Waals surface area (Å²) in [5.74, 6) is 0. The van der Waals surface area contributed by atoms with E-state index >= 15 is 0 Å². The van der Waals surface area contributed by atoms with Crippen molar-refractivity contribution in [3.63, 3.8) is 0 Å². The van der Waals surface area contributed by atoms with Gasteiger partial charge in [-0.3, -0.25) is 0 Å². The highest BCUT2D eigenvalue weighted by Gasteiger charge is 1.97. The number of aliphatic hydroxyl groups is 2. The predicted octanol–water partition coefficient (Wildman–Crippen LogP) is -0.654. The molecule has 56 valence electrons. The first-order chi connectivity index (χ1) is 3.81. The SMILES string of the molecule is CCCCC(O)CO.[AlH3]. The van der Waals surface area contributed by atoms with Crippen LogP contribution >= 0.6 is 0 Å². The molecule has 0 aromatic carbocycles. The van der Waals surface area contributed by atoms with Gasteiger partial charge in [0.1, 0.15) is 0 Å². The molecule has 0 amide bonds. The van der Waals surface area contributed by atoms with Crippen molar-refractivity contribution in [1.29, 1.82) is 0 Å². The van der Waals surface area contributed by atoms with Crippen LogP contribution in [0.2, 0.25) is 0 Å². The molecule has 0 heterocycles. The van der Waals surface area contributed by atoms with Gasteiger partial charge in [-0.05, 0) is 6.42 Å². The quantitative estimate of drug-likeness (QED) is 0.520. The zero-order valence-corrected chi connectivity index (χ0v) is 5.30. The Morgan fingerprint density at radius 1 is 1.44 bits per heavy atom. The summed E-state index contributed by atoms with van der Waals surface area (Å²) < 4.78 is 0. The van der Waals surface area contributed by atoms with Gasteiger partial charge in [0.05, 0.1) is 12.7 Å².